The number of hydrogen-bond acceptors (Lipinski definition) is 9. The van der Waals surface area contributed by atoms with E-state index in [1.165, 1.54) is 18.2 Å². The molecule has 1 aromatic rings. The van der Waals surface area contributed by atoms with Gasteiger partial charge in [-0.25, -0.2) is 4.79 Å². The number of nitrogens with one attached hydrogen (secondary N) is 1. The predicted molar refractivity (Wildman–Crippen MR) is 93.9 cm³/mol. The van der Waals surface area contributed by atoms with Gasteiger partial charge in [-0.1, -0.05) is 12.1 Å². The van der Waals surface area contributed by atoms with Crippen LogP contribution in [0.3, 0.4) is 0 Å². The molecule has 0 fully saturated rings. The zero-order valence-corrected chi connectivity index (χ0v) is 15.0. The maximum absolute atomic E-state index is 12.6. The lowest BCUT2D eigenvalue weighted by Crippen LogP contribution is -2.29. The van der Waals surface area contributed by atoms with Crippen molar-refractivity contribution in [3.05, 3.63) is 72.6 Å². The lowest BCUT2D eigenvalue weighted by molar-refractivity contribution is -0.757. The van der Waals surface area contributed by atoms with Crippen LogP contribution in [0.4, 0.5) is 5.69 Å². The van der Waals surface area contributed by atoms with Gasteiger partial charge in [0.1, 0.15) is 13.2 Å². The molecular formula is C17H16N4O7. The minimum atomic E-state index is -1.01. The van der Waals surface area contributed by atoms with Crippen LogP contribution in [-0.2, 0) is 14.4 Å². The highest BCUT2D eigenvalue weighted by Crippen LogP contribution is 2.39. The monoisotopic (exact) mass is 388 g/mol. The first-order valence-corrected chi connectivity index (χ1v) is 8.03. The summed E-state index contributed by atoms with van der Waals surface area (Å²) in [6.07, 6.45) is 0. The second-order valence-electron chi connectivity index (χ2n) is 5.79. The van der Waals surface area contributed by atoms with Crippen LogP contribution in [0.5, 0.6) is 0 Å². The van der Waals surface area contributed by atoms with Crippen LogP contribution in [0.25, 0.3) is 0 Å². The summed E-state index contributed by atoms with van der Waals surface area (Å²) in [7, 11) is 0. The molecule has 146 valence electrons. The van der Waals surface area contributed by atoms with Crippen molar-refractivity contribution in [2.24, 2.45) is 0 Å². The van der Waals surface area contributed by atoms with Gasteiger partial charge in [0.25, 0.3) is 10.8 Å². The third kappa shape index (κ3) is 4.42. The summed E-state index contributed by atoms with van der Waals surface area (Å²) in [6, 6.07) is 7.66. The van der Waals surface area contributed by atoms with E-state index in [2.05, 4.69) is 10.2 Å². The first kappa shape index (κ1) is 20.4. The largest absolute Gasteiger partial charge is 0.460 e. The number of non-ortho nitro benzene ring substituents is 1. The molecule has 1 aliphatic heterocycles. The van der Waals surface area contributed by atoms with Crippen molar-refractivity contribution in [3.8, 4) is 6.07 Å². The first-order valence-electron chi connectivity index (χ1n) is 8.03. The number of esters is 1. The molecule has 0 unspecified atom stereocenters. The van der Waals surface area contributed by atoms with Crippen molar-refractivity contribution in [1.29, 1.82) is 5.26 Å². The number of benzene rings is 1. The van der Waals surface area contributed by atoms with E-state index in [9.17, 15) is 30.3 Å². The van der Waals surface area contributed by atoms with E-state index in [4.69, 9.17) is 4.74 Å². The van der Waals surface area contributed by atoms with Crippen LogP contribution < -0.4 is 5.32 Å². The van der Waals surface area contributed by atoms with E-state index >= 15 is 0 Å². The average Bonchev–Trinajstić information content (AvgIpc) is 2.64. The standard InChI is InChI=1S/C17H16N4O7/c1-10-14(9-18)16(12-4-3-5-13(8-12)20(23)24)15(11(2)19-10)17(22)27-6-7-28-21(25)26/h3-5,8,16,19H,6-7H2,1-2H3/t16-/m1/s1. The molecule has 0 aliphatic carbocycles. The Balaban J connectivity index is 2.41. The maximum atomic E-state index is 12.6. The normalized spacial score (nSPS) is 16.1. The summed E-state index contributed by atoms with van der Waals surface area (Å²) in [5.41, 5.74) is 1.40. The van der Waals surface area contributed by atoms with Crippen LogP contribution >= 0.6 is 0 Å². The highest BCUT2D eigenvalue weighted by Gasteiger charge is 2.34. The van der Waals surface area contributed by atoms with Crippen LogP contribution in [0.1, 0.15) is 25.3 Å². The van der Waals surface area contributed by atoms with Crippen molar-refractivity contribution in [2.45, 2.75) is 19.8 Å². The van der Waals surface area contributed by atoms with E-state index in [1.54, 1.807) is 19.9 Å². The Morgan fingerprint density at radius 3 is 2.57 bits per heavy atom. The third-order valence-corrected chi connectivity index (χ3v) is 4.03. The molecule has 1 atom stereocenters. The molecular weight excluding hydrogens is 372 g/mol. The third-order valence-electron chi connectivity index (χ3n) is 4.03. The molecule has 0 saturated carbocycles. The fraction of sp³-hybridized carbons (Fsp3) is 0.294. The van der Waals surface area contributed by atoms with Gasteiger partial charge < -0.3 is 14.9 Å². The molecule has 11 heteroatoms. The number of nitrogens with zero attached hydrogens (tertiary/aromatic N) is 3. The number of ether oxygens (including phenoxy) is 1. The Hall–Kier alpha value is -3.94. The fourth-order valence-electron chi connectivity index (χ4n) is 2.89. The summed E-state index contributed by atoms with van der Waals surface area (Å²) >= 11 is 0. The summed E-state index contributed by atoms with van der Waals surface area (Å²) < 4.78 is 5.03. The fourth-order valence-corrected chi connectivity index (χ4v) is 2.89. The van der Waals surface area contributed by atoms with E-state index in [-0.39, 0.29) is 23.4 Å². The molecule has 1 aliphatic rings. The smallest absolute Gasteiger partial charge is 0.336 e. The van der Waals surface area contributed by atoms with Gasteiger partial charge in [-0.05, 0) is 19.4 Å². The number of dihydropyridines is 1. The molecule has 28 heavy (non-hydrogen) atoms. The summed E-state index contributed by atoms with van der Waals surface area (Å²) in [4.78, 5) is 37.4. The predicted octanol–water partition coefficient (Wildman–Crippen LogP) is 2.10. The maximum Gasteiger partial charge on any atom is 0.336 e. The highest BCUT2D eigenvalue weighted by atomic mass is 17.0. The first-order chi connectivity index (χ1) is 13.3. The molecule has 2 rings (SSSR count). The average molecular weight is 388 g/mol. The molecule has 0 saturated heterocycles. The van der Waals surface area contributed by atoms with Crippen molar-refractivity contribution < 1.29 is 24.4 Å². The number of rotatable bonds is 7. The van der Waals surface area contributed by atoms with E-state index < -0.39 is 28.5 Å². The molecule has 0 amide bonds. The Morgan fingerprint density at radius 2 is 1.96 bits per heavy atom. The zero-order valence-electron chi connectivity index (χ0n) is 15.0. The van der Waals surface area contributed by atoms with Gasteiger partial charge in [-0.2, -0.15) is 5.26 Å². The number of allylic oxidation sites excluding steroid dienone is 3. The Morgan fingerprint density at radius 1 is 1.25 bits per heavy atom. The lowest BCUT2D eigenvalue weighted by Gasteiger charge is -2.28. The number of carbonyl (C=O) groups is 1. The number of nitro groups is 1. The molecule has 0 spiro atoms. The Labute approximate surface area is 159 Å². The van der Waals surface area contributed by atoms with Crippen LogP contribution in [-0.4, -0.2) is 29.2 Å². The van der Waals surface area contributed by atoms with Crippen molar-refractivity contribution >= 4 is 11.7 Å². The van der Waals surface area contributed by atoms with Gasteiger partial charge in [-0.15, -0.1) is 10.1 Å². The van der Waals surface area contributed by atoms with Gasteiger partial charge in [0.15, 0.2) is 0 Å². The molecule has 1 aromatic carbocycles. The van der Waals surface area contributed by atoms with E-state index in [0.29, 0.717) is 17.0 Å². The quantitative estimate of drug-likeness (QED) is 0.319. The van der Waals surface area contributed by atoms with Crippen LogP contribution in [0.2, 0.25) is 0 Å². The summed E-state index contributed by atoms with van der Waals surface area (Å²) in [5, 5.41) is 32.8. The van der Waals surface area contributed by atoms with Gasteiger partial charge in [0.05, 0.1) is 28.1 Å². The van der Waals surface area contributed by atoms with Gasteiger partial charge in [0, 0.05) is 23.5 Å². The lowest BCUT2D eigenvalue weighted by atomic mass is 9.81. The number of hydrogen-bond donors (Lipinski definition) is 1. The highest BCUT2D eigenvalue weighted by molar-refractivity contribution is 5.93. The second-order valence-corrected chi connectivity index (χ2v) is 5.79. The van der Waals surface area contributed by atoms with E-state index in [1.807, 2.05) is 6.07 Å². The van der Waals surface area contributed by atoms with Crippen molar-refractivity contribution in [2.75, 3.05) is 13.2 Å². The minimum absolute atomic E-state index is 0.0868. The van der Waals surface area contributed by atoms with Crippen LogP contribution in [0.15, 0.2) is 46.8 Å². The van der Waals surface area contributed by atoms with E-state index in [0.717, 1.165) is 0 Å². The molecule has 0 aromatic heterocycles. The number of nitriles is 1. The minimum Gasteiger partial charge on any atom is -0.460 e. The molecule has 1 N–H and O–H groups in total. The molecule has 1 heterocycles. The number of nitro benzene ring substituents is 1. The molecule has 0 radical (unpaired) electrons. The van der Waals surface area contributed by atoms with Gasteiger partial charge in [0.2, 0.25) is 0 Å². The second kappa shape index (κ2) is 8.63. The summed E-state index contributed by atoms with van der Waals surface area (Å²) in [5.74, 6) is -1.69. The Kier molecular flexibility index (Phi) is 6.28. The van der Waals surface area contributed by atoms with Crippen LogP contribution in [0, 0.1) is 31.6 Å². The SMILES string of the molecule is CC1=C(C#N)[C@@H](c2cccc([N+](=O)[O-])c2)C(C(=O)OCCO[N+](=O)[O-])=C(C)N1. The molecule has 0 bridgehead atoms. The Bertz CT molecular complexity index is 930. The summed E-state index contributed by atoms with van der Waals surface area (Å²) in [6.45, 7) is 2.44. The number of carbonyl (C=O) groups excluding carboxylic acids is 1. The topological polar surface area (TPSA) is 158 Å². The molecule has 11 nitrogen and oxygen atoms in total. The van der Waals surface area contributed by atoms with Crippen molar-refractivity contribution in [3.63, 3.8) is 0 Å². The van der Waals surface area contributed by atoms with Crippen molar-refractivity contribution in [1.82, 2.24) is 5.32 Å². The zero-order chi connectivity index (χ0) is 20.8. The van der Waals surface area contributed by atoms with Gasteiger partial charge in [-0.3, -0.25) is 10.1 Å². The van der Waals surface area contributed by atoms with Gasteiger partial charge >= 0.3 is 5.97 Å².